The average Bonchev–Trinajstić information content (AvgIpc) is 2.96. The summed E-state index contributed by atoms with van der Waals surface area (Å²) in [6.45, 7) is 0. The van der Waals surface area contributed by atoms with E-state index in [1.807, 2.05) is 36.5 Å². The monoisotopic (exact) mass is 254 g/mol. The van der Waals surface area contributed by atoms with E-state index in [2.05, 4.69) is 14.7 Å². The number of carbonyl (C=O) groups excluding carboxylic acids is 1. The lowest BCUT2D eigenvalue weighted by Gasteiger charge is -1.98. The number of H-pyrrole nitrogens is 1. The van der Waals surface area contributed by atoms with E-state index in [1.54, 1.807) is 24.5 Å². The van der Waals surface area contributed by atoms with Crippen molar-refractivity contribution in [1.82, 2.24) is 9.97 Å². The number of pyridine rings is 1. The highest BCUT2D eigenvalue weighted by molar-refractivity contribution is 5.94. The van der Waals surface area contributed by atoms with Gasteiger partial charge in [-0.15, -0.1) is 0 Å². The van der Waals surface area contributed by atoms with Gasteiger partial charge in [0.15, 0.2) is 0 Å². The molecular weight excluding hydrogens is 240 g/mol. The SMILES string of the molecule is COC(=O)c1ccc2[nH]ccc2c1.c1ccncc1. The second kappa shape index (κ2) is 6.35. The van der Waals surface area contributed by atoms with Crippen LogP contribution >= 0.6 is 0 Å². The predicted molar refractivity (Wildman–Crippen MR) is 73.9 cm³/mol. The van der Waals surface area contributed by atoms with E-state index in [4.69, 9.17) is 0 Å². The Morgan fingerprint density at radius 1 is 1.16 bits per heavy atom. The Hall–Kier alpha value is -2.62. The number of aromatic amines is 1. The molecule has 96 valence electrons. The second-order valence-corrected chi connectivity index (χ2v) is 3.80. The van der Waals surface area contributed by atoms with Crippen LogP contribution in [-0.2, 0) is 4.74 Å². The molecule has 0 amide bonds. The molecule has 4 heteroatoms. The largest absolute Gasteiger partial charge is 0.465 e. The van der Waals surface area contributed by atoms with Crippen LogP contribution in [0.2, 0.25) is 0 Å². The molecule has 0 atom stereocenters. The number of nitrogens with one attached hydrogen (secondary N) is 1. The summed E-state index contributed by atoms with van der Waals surface area (Å²) < 4.78 is 4.61. The maximum absolute atomic E-state index is 11.1. The highest BCUT2D eigenvalue weighted by Gasteiger charge is 2.05. The molecule has 0 saturated carbocycles. The summed E-state index contributed by atoms with van der Waals surface area (Å²) in [7, 11) is 1.38. The van der Waals surface area contributed by atoms with Gasteiger partial charge in [0.1, 0.15) is 0 Å². The zero-order chi connectivity index (χ0) is 13.5. The van der Waals surface area contributed by atoms with Crippen molar-refractivity contribution in [3.8, 4) is 0 Å². The van der Waals surface area contributed by atoms with Crippen LogP contribution in [0.5, 0.6) is 0 Å². The Balaban J connectivity index is 0.000000186. The average molecular weight is 254 g/mol. The zero-order valence-electron chi connectivity index (χ0n) is 10.5. The number of fused-ring (bicyclic) bond motifs is 1. The normalized spacial score (nSPS) is 9.53. The van der Waals surface area contributed by atoms with Gasteiger partial charge in [-0.1, -0.05) is 6.07 Å². The molecular formula is C15H14N2O2. The fourth-order valence-electron chi connectivity index (χ4n) is 1.61. The van der Waals surface area contributed by atoms with Gasteiger partial charge in [0.25, 0.3) is 0 Å². The summed E-state index contributed by atoms with van der Waals surface area (Å²) in [5.74, 6) is -0.303. The zero-order valence-corrected chi connectivity index (χ0v) is 10.5. The molecule has 3 aromatic rings. The maximum atomic E-state index is 11.1. The van der Waals surface area contributed by atoms with E-state index >= 15 is 0 Å². The van der Waals surface area contributed by atoms with Crippen molar-refractivity contribution < 1.29 is 9.53 Å². The van der Waals surface area contributed by atoms with Crippen LogP contribution in [0, 0.1) is 0 Å². The third kappa shape index (κ3) is 3.42. The molecule has 0 saturated heterocycles. The molecule has 1 aromatic carbocycles. The summed E-state index contributed by atoms with van der Waals surface area (Å²) >= 11 is 0. The molecule has 0 aliphatic rings. The van der Waals surface area contributed by atoms with Crippen LogP contribution < -0.4 is 0 Å². The number of methoxy groups -OCH3 is 1. The summed E-state index contributed by atoms with van der Waals surface area (Å²) in [6.07, 6.45) is 5.34. The van der Waals surface area contributed by atoms with Gasteiger partial charge >= 0.3 is 5.97 Å². The molecule has 0 fully saturated rings. The number of benzene rings is 1. The number of esters is 1. The molecule has 4 nitrogen and oxygen atoms in total. The van der Waals surface area contributed by atoms with Crippen LogP contribution in [-0.4, -0.2) is 23.0 Å². The fourth-order valence-corrected chi connectivity index (χ4v) is 1.61. The molecule has 0 aliphatic carbocycles. The first-order valence-corrected chi connectivity index (χ1v) is 5.81. The van der Waals surface area contributed by atoms with E-state index in [0.29, 0.717) is 5.56 Å². The molecule has 0 bridgehead atoms. The summed E-state index contributed by atoms with van der Waals surface area (Å²) in [5, 5.41) is 1.02. The quantitative estimate of drug-likeness (QED) is 0.679. The Morgan fingerprint density at radius 3 is 2.53 bits per heavy atom. The van der Waals surface area contributed by atoms with E-state index < -0.39 is 0 Å². The first-order valence-electron chi connectivity index (χ1n) is 5.81. The van der Waals surface area contributed by atoms with Gasteiger partial charge in [-0.2, -0.15) is 0 Å². The molecule has 0 spiro atoms. The highest BCUT2D eigenvalue weighted by atomic mass is 16.5. The second-order valence-electron chi connectivity index (χ2n) is 3.80. The van der Waals surface area contributed by atoms with Crippen molar-refractivity contribution in [3.05, 3.63) is 66.6 Å². The van der Waals surface area contributed by atoms with Crippen molar-refractivity contribution in [2.45, 2.75) is 0 Å². The van der Waals surface area contributed by atoms with Crippen LogP contribution in [0.3, 0.4) is 0 Å². The van der Waals surface area contributed by atoms with Gasteiger partial charge in [0, 0.05) is 29.5 Å². The van der Waals surface area contributed by atoms with E-state index in [1.165, 1.54) is 7.11 Å². The molecule has 2 aromatic heterocycles. The summed E-state index contributed by atoms with van der Waals surface area (Å²) in [6, 6.07) is 13.0. The molecule has 19 heavy (non-hydrogen) atoms. The van der Waals surface area contributed by atoms with E-state index in [9.17, 15) is 4.79 Å². The number of aromatic nitrogens is 2. The van der Waals surface area contributed by atoms with Crippen molar-refractivity contribution >= 4 is 16.9 Å². The van der Waals surface area contributed by atoms with Gasteiger partial charge in [-0.3, -0.25) is 4.98 Å². The molecule has 3 rings (SSSR count). The molecule has 0 unspecified atom stereocenters. The minimum atomic E-state index is -0.303. The first kappa shape index (κ1) is 12.8. The lowest BCUT2D eigenvalue weighted by molar-refractivity contribution is 0.0601. The third-order valence-corrected chi connectivity index (χ3v) is 2.54. The number of rotatable bonds is 1. The maximum Gasteiger partial charge on any atom is 0.337 e. The summed E-state index contributed by atoms with van der Waals surface area (Å²) in [4.78, 5) is 18.0. The fraction of sp³-hybridized carbons (Fsp3) is 0.0667. The molecule has 2 heterocycles. The minimum absolute atomic E-state index is 0.303. The van der Waals surface area contributed by atoms with Crippen molar-refractivity contribution in [1.29, 1.82) is 0 Å². The lowest BCUT2D eigenvalue weighted by atomic mass is 10.1. The van der Waals surface area contributed by atoms with E-state index in [0.717, 1.165) is 10.9 Å². The molecule has 0 aliphatic heterocycles. The van der Waals surface area contributed by atoms with Gasteiger partial charge in [-0.05, 0) is 36.4 Å². The smallest absolute Gasteiger partial charge is 0.337 e. The molecule has 1 N–H and O–H groups in total. The van der Waals surface area contributed by atoms with Crippen molar-refractivity contribution in [2.75, 3.05) is 7.11 Å². The van der Waals surface area contributed by atoms with Gasteiger partial charge in [0.2, 0.25) is 0 Å². The standard InChI is InChI=1S/C10H9NO2.C5H5N/c1-13-10(12)8-2-3-9-7(6-8)4-5-11-9;1-2-4-6-5-3-1/h2-6,11H,1H3;1-5H. The molecule has 0 radical (unpaired) electrons. The number of nitrogens with zero attached hydrogens (tertiary/aromatic N) is 1. The minimum Gasteiger partial charge on any atom is -0.465 e. The Kier molecular flexibility index (Phi) is 4.29. The van der Waals surface area contributed by atoms with Crippen LogP contribution in [0.25, 0.3) is 10.9 Å². The number of carbonyl (C=O) groups is 1. The highest BCUT2D eigenvalue weighted by Crippen LogP contribution is 2.14. The first-order chi connectivity index (χ1) is 9.31. The van der Waals surface area contributed by atoms with Gasteiger partial charge < -0.3 is 9.72 Å². The van der Waals surface area contributed by atoms with Gasteiger partial charge in [0.05, 0.1) is 12.7 Å². The number of ether oxygens (including phenoxy) is 1. The van der Waals surface area contributed by atoms with Crippen molar-refractivity contribution in [2.24, 2.45) is 0 Å². The van der Waals surface area contributed by atoms with Crippen molar-refractivity contribution in [3.63, 3.8) is 0 Å². The van der Waals surface area contributed by atoms with Crippen LogP contribution in [0.4, 0.5) is 0 Å². The third-order valence-electron chi connectivity index (χ3n) is 2.54. The predicted octanol–water partition coefficient (Wildman–Crippen LogP) is 3.04. The number of hydrogen-bond donors (Lipinski definition) is 1. The van der Waals surface area contributed by atoms with Gasteiger partial charge in [-0.25, -0.2) is 4.79 Å². The van der Waals surface area contributed by atoms with Crippen LogP contribution in [0.15, 0.2) is 61.1 Å². The number of hydrogen-bond acceptors (Lipinski definition) is 3. The van der Waals surface area contributed by atoms with E-state index in [-0.39, 0.29) is 5.97 Å². The Morgan fingerprint density at radius 2 is 1.95 bits per heavy atom. The topological polar surface area (TPSA) is 55.0 Å². The lowest BCUT2D eigenvalue weighted by Crippen LogP contribution is -2.00. The Bertz CT molecular complexity index is 621. The van der Waals surface area contributed by atoms with Crippen LogP contribution in [0.1, 0.15) is 10.4 Å². The Labute approximate surface area is 111 Å². The summed E-state index contributed by atoms with van der Waals surface area (Å²) in [5.41, 5.74) is 1.60.